The van der Waals surface area contributed by atoms with Gasteiger partial charge in [0.1, 0.15) is 17.2 Å². The molecule has 3 rings (SSSR count). The predicted molar refractivity (Wildman–Crippen MR) is 98.8 cm³/mol. The summed E-state index contributed by atoms with van der Waals surface area (Å²) in [5.41, 5.74) is 0.373. The third-order valence-corrected chi connectivity index (χ3v) is 5.20. The van der Waals surface area contributed by atoms with Gasteiger partial charge >= 0.3 is 0 Å². The van der Waals surface area contributed by atoms with Crippen LogP contribution in [-0.4, -0.2) is 31.5 Å². The lowest BCUT2D eigenvalue weighted by Crippen LogP contribution is -2.44. The van der Waals surface area contributed by atoms with Crippen LogP contribution in [0.1, 0.15) is 22.9 Å². The number of benzene rings is 1. The van der Waals surface area contributed by atoms with Crippen molar-refractivity contribution in [3.63, 3.8) is 0 Å². The molecule has 26 heavy (non-hydrogen) atoms. The summed E-state index contributed by atoms with van der Waals surface area (Å²) in [6.07, 6.45) is 0. The summed E-state index contributed by atoms with van der Waals surface area (Å²) in [5, 5.41) is 18.7. The van der Waals surface area contributed by atoms with E-state index in [-0.39, 0.29) is 12.6 Å². The molecule has 1 aliphatic rings. The quantitative estimate of drug-likeness (QED) is 0.549. The Bertz CT molecular complexity index is 778. The van der Waals surface area contributed by atoms with Gasteiger partial charge in [0.2, 0.25) is 0 Å². The maximum atomic E-state index is 13.8. The zero-order valence-corrected chi connectivity index (χ0v) is 15.5. The molecule has 3 N–H and O–H groups in total. The van der Waals surface area contributed by atoms with E-state index in [4.69, 9.17) is 9.47 Å². The highest BCUT2D eigenvalue weighted by Gasteiger charge is 2.24. The molecule has 1 aromatic carbocycles. The van der Waals surface area contributed by atoms with Crippen LogP contribution in [0.3, 0.4) is 0 Å². The lowest BCUT2D eigenvalue weighted by molar-refractivity contribution is -0.0173. The van der Waals surface area contributed by atoms with Crippen LogP contribution >= 0.6 is 11.3 Å². The molecule has 0 aliphatic carbocycles. The van der Waals surface area contributed by atoms with Gasteiger partial charge in [-0.15, -0.1) is 11.3 Å². The molecule has 1 aromatic heterocycles. The van der Waals surface area contributed by atoms with Crippen molar-refractivity contribution in [1.82, 2.24) is 10.6 Å². The number of aliphatic hydroxyl groups is 1. The predicted octanol–water partition coefficient (Wildman–Crippen LogP) is 2.33. The number of nitrogens with one attached hydrogen (secondary N) is 2. The largest absolute Gasteiger partial charge is 0.467 e. The first-order valence-corrected chi connectivity index (χ1v) is 9.10. The van der Waals surface area contributed by atoms with Gasteiger partial charge in [0.15, 0.2) is 12.8 Å². The van der Waals surface area contributed by atoms with E-state index < -0.39 is 5.60 Å². The fraction of sp³-hybridized carbons (Fsp3) is 0.389. The van der Waals surface area contributed by atoms with E-state index in [9.17, 15) is 9.50 Å². The van der Waals surface area contributed by atoms with Crippen LogP contribution in [0, 0.1) is 5.82 Å². The number of hydrogen-bond donors (Lipinski definition) is 3. The summed E-state index contributed by atoms with van der Waals surface area (Å²) in [4.78, 5) is 5.02. The summed E-state index contributed by atoms with van der Waals surface area (Å²) in [5.74, 6) is 0.816. The fourth-order valence-corrected chi connectivity index (χ4v) is 3.50. The van der Waals surface area contributed by atoms with Crippen LogP contribution in [0.4, 0.5) is 4.39 Å². The van der Waals surface area contributed by atoms with Crippen molar-refractivity contribution in [2.24, 2.45) is 4.99 Å². The van der Waals surface area contributed by atoms with E-state index in [1.54, 1.807) is 14.0 Å². The Morgan fingerprint density at radius 1 is 1.42 bits per heavy atom. The third-order valence-electron chi connectivity index (χ3n) is 4.07. The van der Waals surface area contributed by atoms with E-state index in [0.29, 0.717) is 42.5 Å². The molecule has 6 nitrogen and oxygen atoms in total. The lowest BCUT2D eigenvalue weighted by atomic mass is 10.1. The second-order valence-corrected chi connectivity index (χ2v) is 7.14. The number of thiophene rings is 1. The van der Waals surface area contributed by atoms with Crippen LogP contribution in [0.5, 0.6) is 5.75 Å². The summed E-state index contributed by atoms with van der Waals surface area (Å²) >= 11 is 1.50. The Balaban J connectivity index is 1.62. The minimum absolute atomic E-state index is 0.155. The zero-order valence-electron chi connectivity index (χ0n) is 14.7. The topological polar surface area (TPSA) is 75.1 Å². The Kier molecular flexibility index (Phi) is 5.75. The number of fused-ring (bicyclic) bond motifs is 1. The standard InChI is InChI=1S/C18H22FN3O3S/c1-18(23,15-4-3-5-26-15)10-22-17(20-2)21-8-12-6-14(19)7-13-9-24-11-25-16(12)13/h3-7,23H,8-11H2,1-2H3,(H2,20,21,22). The smallest absolute Gasteiger partial charge is 0.191 e. The number of nitrogens with zero attached hydrogens (tertiary/aromatic N) is 1. The Morgan fingerprint density at radius 3 is 3.00 bits per heavy atom. The van der Waals surface area contributed by atoms with E-state index in [1.807, 2.05) is 17.5 Å². The number of rotatable bonds is 5. The molecule has 0 bridgehead atoms. The number of aliphatic imine (C=N–C) groups is 1. The SMILES string of the molecule is CN=C(NCc1cc(F)cc2c1OCOC2)NCC(C)(O)c1cccs1. The normalized spacial score (nSPS) is 16.4. The summed E-state index contributed by atoms with van der Waals surface area (Å²) in [6.45, 7) is 2.86. The van der Waals surface area contributed by atoms with Gasteiger partial charge in [-0.05, 0) is 30.5 Å². The van der Waals surface area contributed by atoms with E-state index >= 15 is 0 Å². The van der Waals surface area contributed by atoms with E-state index in [2.05, 4.69) is 15.6 Å². The Hall–Kier alpha value is -2.16. The lowest BCUT2D eigenvalue weighted by Gasteiger charge is -2.24. The second kappa shape index (κ2) is 8.03. The molecule has 0 saturated carbocycles. The number of guanidine groups is 1. The highest BCUT2D eigenvalue weighted by Crippen LogP contribution is 2.29. The van der Waals surface area contributed by atoms with Gasteiger partial charge < -0.3 is 25.2 Å². The first-order chi connectivity index (χ1) is 12.5. The minimum atomic E-state index is -1.01. The van der Waals surface area contributed by atoms with Crippen LogP contribution in [0.2, 0.25) is 0 Å². The molecule has 2 heterocycles. The molecule has 8 heteroatoms. The van der Waals surface area contributed by atoms with Gasteiger partial charge in [0.05, 0.1) is 13.2 Å². The first-order valence-electron chi connectivity index (χ1n) is 8.22. The van der Waals surface area contributed by atoms with Crippen molar-refractivity contribution in [1.29, 1.82) is 0 Å². The first kappa shape index (κ1) is 18.6. The number of hydrogen-bond acceptors (Lipinski definition) is 5. The molecule has 0 fully saturated rings. The minimum Gasteiger partial charge on any atom is -0.467 e. The van der Waals surface area contributed by atoms with Crippen LogP contribution in [0.15, 0.2) is 34.6 Å². The van der Waals surface area contributed by atoms with Crippen LogP contribution in [-0.2, 0) is 23.5 Å². The van der Waals surface area contributed by atoms with Gasteiger partial charge in [-0.2, -0.15) is 0 Å². The van der Waals surface area contributed by atoms with Crippen molar-refractivity contribution in [3.05, 3.63) is 51.5 Å². The molecule has 0 spiro atoms. The van der Waals surface area contributed by atoms with Gasteiger partial charge in [-0.1, -0.05) is 6.07 Å². The van der Waals surface area contributed by atoms with E-state index in [1.165, 1.54) is 23.5 Å². The molecular formula is C18H22FN3O3S. The van der Waals surface area contributed by atoms with Crippen LogP contribution in [0.25, 0.3) is 0 Å². The Morgan fingerprint density at radius 2 is 2.27 bits per heavy atom. The van der Waals surface area contributed by atoms with Crippen molar-refractivity contribution in [2.45, 2.75) is 25.7 Å². The molecule has 1 aliphatic heterocycles. The highest BCUT2D eigenvalue weighted by molar-refractivity contribution is 7.10. The van der Waals surface area contributed by atoms with Crippen molar-refractivity contribution < 1.29 is 19.0 Å². The third kappa shape index (κ3) is 4.32. The summed E-state index contributed by atoms with van der Waals surface area (Å²) in [7, 11) is 1.64. The highest BCUT2D eigenvalue weighted by atomic mass is 32.1. The molecule has 0 saturated heterocycles. The average Bonchev–Trinajstić information content (AvgIpc) is 3.17. The van der Waals surface area contributed by atoms with Gasteiger partial charge in [-0.3, -0.25) is 4.99 Å². The second-order valence-electron chi connectivity index (χ2n) is 6.19. The number of halogens is 1. The molecule has 140 valence electrons. The zero-order chi connectivity index (χ0) is 18.6. The Labute approximate surface area is 155 Å². The van der Waals surface area contributed by atoms with Crippen LogP contribution < -0.4 is 15.4 Å². The van der Waals surface area contributed by atoms with Crippen molar-refractivity contribution >= 4 is 17.3 Å². The summed E-state index contributed by atoms with van der Waals surface area (Å²) in [6, 6.07) is 6.65. The molecule has 1 unspecified atom stereocenters. The summed E-state index contributed by atoms with van der Waals surface area (Å²) < 4.78 is 24.5. The molecule has 2 aromatic rings. The maximum Gasteiger partial charge on any atom is 0.191 e. The molecule has 0 radical (unpaired) electrons. The van der Waals surface area contributed by atoms with Crippen molar-refractivity contribution in [2.75, 3.05) is 20.4 Å². The van der Waals surface area contributed by atoms with Gasteiger partial charge in [0, 0.05) is 29.6 Å². The van der Waals surface area contributed by atoms with Crippen molar-refractivity contribution in [3.8, 4) is 5.75 Å². The van der Waals surface area contributed by atoms with Gasteiger partial charge in [-0.25, -0.2) is 4.39 Å². The molecule has 1 atom stereocenters. The maximum absolute atomic E-state index is 13.8. The molecular weight excluding hydrogens is 357 g/mol. The van der Waals surface area contributed by atoms with Gasteiger partial charge in [0.25, 0.3) is 0 Å². The van der Waals surface area contributed by atoms with E-state index in [0.717, 1.165) is 4.88 Å². The monoisotopic (exact) mass is 379 g/mol. The molecule has 0 amide bonds. The average molecular weight is 379 g/mol. The fourth-order valence-electron chi connectivity index (χ4n) is 2.72. The number of ether oxygens (including phenoxy) is 2.